The van der Waals surface area contributed by atoms with Crippen LogP contribution in [0.1, 0.15) is 62.5 Å². The normalized spacial score (nSPS) is 28.7. The summed E-state index contributed by atoms with van der Waals surface area (Å²) in [6.07, 6.45) is 3.06. The van der Waals surface area contributed by atoms with Gasteiger partial charge in [0.05, 0.1) is 17.3 Å². The Bertz CT molecular complexity index is 1100. The first kappa shape index (κ1) is 20.8. The van der Waals surface area contributed by atoms with Crippen LogP contribution in [0.15, 0.2) is 17.1 Å². The molecule has 3 unspecified atom stereocenters. The molecule has 4 atom stereocenters. The van der Waals surface area contributed by atoms with E-state index in [2.05, 4.69) is 0 Å². The maximum absolute atomic E-state index is 15.5. The number of benzene rings is 1. The number of hydrogen-bond acceptors (Lipinski definition) is 4. The molecule has 2 aliphatic rings. The van der Waals surface area contributed by atoms with Gasteiger partial charge in [-0.05, 0) is 32.3 Å². The fourth-order valence-electron chi connectivity index (χ4n) is 5.35. The standard InChI is InChI=1S/C23H29FN2O4/c1-5-23(4)11-25(9-12(2)21(23)28)19-14-7-6-13(3)26-10-16(22(29)30)20(27)15(18(14)26)8-17(19)24/h8,10,12-13,21,28H,5-7,9,11H2,1-4H3,(H,29,30)/t12?,13?,21-,23?/m0/s1. The minimum Gasteiger partial charge on any atom is -0.477 e. The van der Waals surface area contributed by atoms with Crippen LogP contribution < -0.4 is 10.3 Å². The minimum absolute atomic E-state index is 0.0139. The van der Waals surface area contributed by atoms with Gasteiger partial charge in [0.2, 0.25) is 5.43 Å². The summed E-state index contributed by atoms with van der Waals surface area (Å²) in [5.74, 6) is -1.82. The lowest BCUT2D eigenvalue weighted by Gasteiger charge is -2.48. The highest BCUT2D eigenvalue weighted by Gasteiger charge is 2.43. The zero-order chi connectivity index (χ0) is 22.0. The number of halogens is 1. The summed E-state index contributed by atoms with van der Waals surface area (Å²) in [5.41, 5.74) is 0.555. The number of aliphatic hydroxyl groups is 1. The molecule has 0 amide bonds. The number of aryl methyl sites for hydroxylation is 1. The lowest BCUT2D eigenvalue weighted by molar-refractivity contribution is -0.0178. The summed E-state index contributed by atoms with van der Waals surface area (Å²) in [7, 11) is 0. The second-order valence-corrected chi connectivity index (χ2v) is 9.36. The fraction of sp³-hybridized carbons (Fsp3) is 0.565. The molecule has 2 aromatic rings. The molecule has 6 nitrogen and oxygen atoms in total. The second-order valence-electron chi connectivity index (χ2n) is 9.36. The molecule has 3 heterocycles. The maximum atomic E-state index is 15.5. The van der Waals surface area contributed by atoms with Gasteiger partial charge in [-0.25, -0.2) is 9.18 Å². The number of nitrogens with zero attached hydrogens (tertiary/aromatic N) is 2. The summed E-state index contributed by atoms with van der Waals surface area (Å²) in [6.45, 7) is 9.08. The molecule has 2 aliphatic heterocycles. The molecule has 0 aliphatic carbocycles. The Morgan fingerprint density at radius 1 is 1.37 bits per heavy atom. The number of piperidine rings is 1. The number of pyridine rings is 1. The second kappa shape index (κ2) is 7.08. The Balaban J connectivity index is 1.98. The van der Waals surface area contributed by atoms with Crippen molar-refractivity contribution >= 4 is 22.6 Å². The number of carbonyl (C=O) groups is 1. The van der Waals surface area contributed by atoms with Gasteiger partial charge in [-0.15, -0.1) is 0 Å². The van der Waals surface area contributed by atoms with Gasteiger partial charge < -0.3 is 19.7 Å². The lowest BCUT2D eigenvalue weighted by atomic mass is 9.72. The predicted molar refractivity (Wildman–Crippen MR) is 114 cm³/mol. The van der Waals surface area contributed by atoms with Gasteiger partial charge in [0.1, 0.15) is 11.4 Å². The molecule has 0 radical (unpaired) electrons. The molecule has 2 N–H and O–H groups in total. The third-order valence-corrected chi connectivity index (χ3v) is 7.29. The zero-order valence-electron chi connectivity index (χ0n) is 17.9. The van der Waals surface area contributed by atoms with Gasteiger partial charge in [0.25, 0.3) is 0 Å². The van der Waals surface area contributed by atoms with Gasteiger partial charge in [-0.3, -0.25) is 4.79 Å². The van der Waals surface area contributed by atoms with Gasteiger partial charge in [-0.2, -0.15) is 0 Å². The van der Waals surface area contributed by atoms with Gasteiger partial charge in [-0.1, -0.05) is 20.8 Å². The van der Waals surface area contributed by atoms with Crippen LogP contribution >= 0.6 is 0 Å². The highest BCUT2D eigenvalue weighted by Crippen LogP contribution is 2.43. The Hall–Kier alpha value is -2.41. The Morgan fingerprint density at radius 3 is 2.70 bits per heavy atom. The van der Waals surface area contributed by atoms with Crippen molar-refractivity contribution in [3.05, 3.63) is 39.4 Å². The molecule has 30 heavy (non-hydrogen) atoms. The van der Waals surface area contributed by atoms with Gasteiger partial charge in [0.15, 0.2) is 0 Å². The first-order valence-electron chi connectivity index (χ1n) is 10.7. The molecule has 0 spiro atoms. The number of hydrogen-bond donors (Lipinski definition) is 2. The SMILES string of the molecule is CCC1(C)CN(c2c(F)cc3c(=O)c(C(=O)O)cn4c3c2CCC4C)CC(C)[C@@H]1O. The van der Waals surface area contributed by atoms with E-state index in [1.807, 2.05) is 37.2 Å². The maximum Gasteiger partial charge on any atom is 0.341 e. The number of anilines is 1. The van der Waals surface area contributed by atoms with Crippen molar-refractivity contribution in [2.24, 2.45) is 11.3 Å². The molecule has 1 aromatic carbocycles. The van der Waals surface area contributed by atoms with E-state index in [0.717, 1.165) is 18.4 Å². The largest absolute Gasteiger partial charge is 0.477 e. The van der Waals surface area contributed by atoms with Crippen molar-refractivity contribution in [3.63, 3.8) is 0 Å². The van der Waals surface area contributed by atoms with Crippen LogP contribution in [-0.4, -0.2) is 39.9 Å². The van der Waals surface area contributed by atoms with E-state index in [-0.39, 0.29) is 28.3 Å². The third-order valence-electron chi connectivity index (χ3n) is 7.29. The number of carboxylic acids is 1. The summed E-state index contributed by atoms with van der Waals surface area (Å²) >= 11 is 0. The average Bonchev–Trinajstić information content (AvgIpc) is 2.69. The van der Waals surface area contributed by atoms with Gasteiger partial charge in [0, 0.05) is 47.6 Å². The smallest absolute Gasteiger partial charge is 0.341 e. The number of aromatic carboxylic acids is 1. The molecular weight excluding hydrogens is 387 g/mol. The highest BCUT2D eigenvalue weighted by atomic mass is 19.1. The van der Waals surface area contributed by atoms with Crippen LogP contribution in [0.3, 0.4) is 0 Å². The summed E-state index contributed by atoms with van der Waals surface area (Å²) < 4.78 is 17.3. The lowest BCUT2D eigenvalue weighted by Crippen LogP contribution is -2.55. The van der Waals surface area contributed by atoms with E-state index < -0.39 is 23.3 Å². The van der Waals surface area contributed by atoms with Crippen LogP contribution in [0.4, 0.5) is 10.1 Å². The Kier molecular flexibility index (Phi) is 4.92. The topological polar surface area (TPSA) is 82.8 Å². The molecular formula is C23H29FN2O4. The van der Waals surface area contributed by atoms with Crippen molar-refractivity contribution in [1.29, 1.82) is 0 Å². The molecule has 1 aromatic heterocycles. The summed E-state index contributed by atoms with van der Waals surface area (Å²) in [4.78, 5) is 26.4. The van der Waals surface area contributed by atoms with E-state index in [1.54, 1.807) is 0 Å². The Morgan fingerprint density at radius 2 is 2.07 bits per heavy atom. The van der Waals surface area contributed by atoms with Crippen molar-refractivity contribution in [2.75, 3.05) is 18.0 Å². The molecule has 0 saturated carbocycles. The number of aliphatic hydroxyl groups excluding tert-OH is 1. The van der Waals surface area contributed by atoms with Crippen molar-refractivity contribution in [3.8, 4) is 0 Å². The highest BCUT2D eigenvalue weighted by molar-refractivity contribution is 5.95. The van der Waals surface area contributed by atoms with E-state index in [9.17, 15) is 19.8 Å². The quantitative estimate of drug-likeness (QED) is 0.799. The van der Waals surface area contributed by atoms with Crippen molar-refractivity contribution < 1.29 is 19.4 Å². The number of carboxylic acid groups (broad SMARTS) is 1. The van der Waals surface area contributed by atoms with Gasteiger partial charge >= 0.3 is 5.97 Å². The van der Waals surface area contributed by atoms with E-state index in [0.29, 0.717) is 30.7 Å². The average molecular weight is 416 g/mol. The molecule has 7 heteroatoms. The minimum atomic E-state index is -1.30. The van der Waals surface area contributed by atoms with E-state index in [4.69, 9.17) is 0 Å². The number of rotatable bonds is 3. The first-order valence-corrected chi connectivity index (χ1v) is 10.7. The first-order chi connectivity index (χ1) is 14.1. The molecule has 1 fully saturated rings. The monoisotopic (exact) mass is 416 g/mol. The van der Waals surface area contributed by atoms with E-state index in [1.165, 1.54) is 12.3 Å². The van der Waals surface area contributed by atoms with Crippen molar-refractivity contribution in [2.45, 2.75) is 59.1 Å². The van der Waals surface area contributed by atoms with Crippen molar-refractivity contribution in [1.82, 2.24) is 4.57 Å². The predicted octanol–water partition coefficient (Wildman–Crippen LogP) is 3.58. The summed E-state index contributed by atoms with van der Waals surface area (Å²) in [6, 6.07) is 1.22. The Labute approximate surface area is 174 Å². The van der Waals surface area contributed by atoms with Crippen LogP contribution in [0, 0.1) is 17.2 Å². The van der Waals surface area contributed by atoms with Crippen LogP contribution in [0.5, 0.6) is 0 Å². The summed E-state index contributed by atoms with van der Waals surface area (Å²) in [5, 5.41) is 20.3. The molecule has 4 rings (SSSR count). The molecule has 162 valence electrons. The fourth-order valence-corrected chi connectivity index (χ4v) is 5.35. The van der Waals surface area contributed by atoms with Crippen LogP contribution in [0.25, 0.3) is 10.9 Å². The van der Waals surface area contributed by atoms with Crippen LogP contribution in [0.2, 0.25) is 0 Å². The third kappa shape index (κ3) is 2.94. The molecule has 0 bridgehead atoms. The van der Waals surface area contributed by atoms with Crippen LogP contribution in [-0.2, 0) is 6.42 Å². The number of aromatic nitrogens is 1. The van der Waals surface area contributed by atoms with E-state index >= 15 is 4.39 Å². The molecule has 1 saturated heterocycles. The zero-order valence-corrected chi connectivity index (χ0v) is 17.9.